The zero-order valence-electron chi connectivity index (χ0n) is 23.0. The molecule has 1 N–H and O–H groups in total. The highest BCUT2D eigenvalue weighted by Gasteiger charge is 2.33. The van der Waals surface area contributed by atoms with Crippen LogP contribution in [-0.4, -0.2) is 22.5 Å². The summed E-state index contributed by atoms with van der Waals surface area (Å²) in [5.41, 5.74) is 2.63. The number of fused-ring (bicyclic) bond motifs is 1. The van der Waals surface area contributed by atoms with Crippen molar-refractivity contribution < 1.29 is 22.7 Å². The Morgan fingerprint density at radius 1 is 1.26 bits per heavy atom. The van der Waals surface area contributed by atoms with Crippen LogP contribution in [0.15, 0.2) is 39.6 Å². The minimum absolute atomic E-state index is 0.0375. The third kappa shape index (κ3) is 6.03. The molecule has 0 saturated heterocycles. The predicted molar refractivity (Wildman–Crippen MR) is 148 cm³/mol. The lowest BCUT2D eigenvalue weighted by Crippen LogP contribution is -2.25. The van der Waals surface area contributed by atoms with Crippen LogP contribution in [-0.2, 0) is 4.74 Å². The number of nitrogens with one attached hydrogen (secondary N) is 1. The molecule has 1 aliphatic rings. The number of hydrogen-bond acceptors (Lipinski definition) is 6. The van der Waals surface area contributed by atoms with Crippen molar-refractivity contribution in [3.8, 4) is 12.3 Å². The molecule has 0 spiro atoms. The number of pyridine rings is 1. The van der Waals surface area contributed by atoms with Crippen LogP contribution in [0.5, 0.6) is 0 Å². The molecule has 2 heterocycles. The molecule has 204 valence electrons. The van der Waals surface area contributed by atoms with Gasteiger partial charge in [-0.15, -0.1) is 6.42 Å². The van der Waals surface area contributed by atoms with E-state index in [0.717, 1.165) is 5.56 Å². The molecule has 3 aromatic rings. The molecular weight excluding hydrogens is 502 g/mol. The Balaban J connectivity index is 1.80. The maximum absolute atomic E-state index is 13.8. The van der Waals surface area contributed by atoms with E-state index in [1.165, 1.54) is 6.08 Å². The number of carbonyl (C=O) groups is 1. The van der Waals surface area contributed by atoms with E-state index in [2.05, 4.69) is 16.2 Å². The molecule has 0 amide bonds. The molecule has 1 aliphatic carbocycles. The Morgan fingerprint density at radius 3 is 2.59 bits per heavy atom. The summed E-state index contributed by atoms with van der Waals surface area (Å²) in [4.78, 5) is 30.7. The molecule has 0 saturated carbocycles. The summed E-state index contributed by atoms with van der Waals surface area (Å²) >= 11 is 0. The number of nitrogens with zero attached hydrogens (tertiary/aromatic N) is 1. The molecule has 4 rings (SSSR count). The average molecular weight is 535 g/mol. The Kier molecular flexibility index (Phi) is 7.40. The molecule has 0 unspecified atom stereocenters. The SMILES string of the molecule is C#Cc1ccc(N[C@H](C)c2cc(C)cc3c(=O)c(C)c(C4=CCC(F)(F)CC4)oc23)c(C(=O)OC(C)(C)C)n1. The minimum atomic E-state index is -2.76. The van der Waals surface area contributed by atoms with Crippen LogP contribution in [0.25, 0.3) is 16.5 Å². The van der Waals surface area contributed by atoms with Crippen molar-refractivity contribution in [2.75, 3.05) is 5.32 Å². The molecule has 0 aliphatic heterocycles. The van der Waals surface area contributed by atoms with E-state index >= 15 is 0 Å². The normalized spacial score (nSPS) is 15.8. The van der Waals surface area contributed by atoms with Gasteiger partial charge < -0.3 is 14.5 Å². The number of aryl methyl sites for hydroxylation is 1. The number of ether oxygens (including phenoxy) is 1. The standard InChI is InChI=1S/C31H32F2N2O4/c1-8-21-9-10-24(25(35-21)29(37)39-30(5,6)7)34-19(4)22-15-17(2)16-23-26(36)18(3)27(38-28(22)23)20-11-13-31(32,33)14-12-20/h1,9-11,15-16,19,34H,12-14H2,2-7H3/t19-/m1/s1. The number of terminal acetylenes is 1. The van der Waals surface area contributed by atoms with Crippen LogP contribution >= 0.6 is 0 Å². The minimum Gasteiger partial charge on any atom is -0.456 e. The summed E-state index contributed by atoms with van der Waals surface area (Å²) in [7, 11) is 0. The van der Waals surface area contributed by atoms with Gasteiger partial charge in [0.15, 0.2) is 11.1 Å². The smallest absolute Gasteiger partial charge is 0.359 e. The number of hydrogen-bond donors (Lipinski definition) is 1. The second-order valence-corrected chi connectivity index (χ2v) is 11.0. The lowest BCUT2D eigenvalue weighted by molar-refractivity contribution is -0.00623. The summed E-state index contributed by atoms with van der Waals surface area (Å²) < 4.78 is 39.4. The van der Waals surface area contributed by atoms with Crippen LogP contribution in [0, 0.1) is 26.2 Å². The third-order valence-corrected chi connectivity index (χ3v) is 6.56. The topological polar surface area (TPSA) is 81.4 Å². The molecule has 1 aromatic carbocycles. The molecule has 8 heteroatoms. The highest BCUT2D eigenvalue weighted by atomic mass is 19.3. The first-order chi connectivity index (χ1) is 18.2. The van der Waals surface area contributed by atoms with Crippen molar-refractivity contribution >= 4 is 28.2 Å². The van der Waals surface area contributed by atoms with Crippen molar-refractivity contribution in [2.24, 2.45) is 0 Å². The van der Waals surface area contributed by atoms with Gasteiger partial charge in [0.1, 0.15) is 22.6 Å². The van der Waals surface area contributed by atoms with Gasteiger partial charge in [0.25, 0.3) is 5.92 Å². The van der Waals surface area contributed by atoms with Crippen LogP contribution in [0.1, 0.15) is 91.6 Å². The third-order valence-electron chi connectivity index (χ3n) is 6.56. The van der Waals surface area contributed by atoms with Crippen molar-refractivity contribution in [3.05, 3.63) is 74.4 Å². The maximum atomic E-state index is 13.8. The summed E-state index contributed by atoms with van der Waals surface area (Å²) in [6, 6.07) is 6.48. The average Bonchev–Trinajstić information content (AvgIpc) is 2.85. The van der Waals surface area contributed by atoms with Gasteiger partial charge in [0.2, 0.25) is 0 Å². The number of rotatable bonds is 5. The number of alkyl halides is 2. The molecule has 2 aromatic heterocycles. The van der Waals surface area contributed by atoms with Crippen LogP contribution in [0.2, 0.25) is 0 Å². The quantitative estimate of drug-likeness (QED) is 0.277. The largest absolute Gasteiger partial charge is 0.456 e. The van der Waals surface area contributed by atoms with Crippen LogP contribution < -0.4 is 10.7 Å². The monoisotopic (exact) mass is 534 g/mol. The van der Waals surface area contributed by atoms with Gasteiger partial charge >= 0.3 is 5.97 Å². The second-order valence-electron chi connectivity index (χ2n) is 11.0. The fraction of sp³-hybridized carbons (Fsp3) is 0.387. The zero-order chi connectivity index (χ0) is 28.7. The molecule has 0 bridgehead atoms. The van der Waals surface area contributed by atoms with Gasteiger partial charge in [-0.2, -0.15) is 0 Å². The van der Waals surface area contributed by atoms with Crippen LogP contribution in [0.3, 0.4) is 0 Å². The fourth-order valence-electron chi connectivity index (χ4n) is 4.64. The van der Waals surface area contributed by atoms with Gasteiger partial charge in [-0.3, -0.25) is 4.79 Å². The molecule has 0 fully saturated rings. The highest BCUT2D eigenvalue weighted by Crippen LogP contribution is 2.38. The summed E-state index contributed by atoms with van der Waals surface area (Å²) in [5.74, 6) is -0.628. The maximum Gasteiger partial charge on any atom is 0.359 e. The molecule has 1 atom stereocenters. The van der Waals surface area contributed by atoms with Gasteiger partial charge in [0, 0.05) is 24.0 Å². The fourth-order valence-corrected chi connectivity index (χ4v) is 4.64. The van der Waals surface area contributed by atoms with Gasteiger partial charge in [0.05, 0.1) is 17.1 Å². The number of allylic oxidation sites excluding steroid dienone is 2. The van der Waals surface area contributed by atoms with E-state index in [0.29, 0.717) is 39.1 Å². The Bertz CT molecular complexity index is 1590. The summed E-state index contributed by atoms with van der Waals surface area (Å²) in [6.45, 7) is 10.7. The molecule has 6 nitrogen and oxygen atoms in total. The zero-order valence-corrected chi connectivity index (χ0v) is 23.0. The van der Waals surface area contributed by atoms with Gasteiger partial charge in [-0.25, -0.2) is 18.6 Å². The first-order valence-electron chi connectivity index (χ1n) is 12.8. The number of halogens is 2. The van der Waals surface area contributed by atoms with Crippen molar-refractivity contribution in [3.63, 3.8) is 0 Å². The summed E-state index contributed by atoms with van der Waals surface area (Å²) in [6.07, 6.45) is 6.39. The highest BCUT2D eigenvalue weighted by molar-refractivity contribution is 5.94. The predicted octanol–water partition coefficient (Wildman–Crippen LogP) is 7.12. The lowest BCUT2D eigenvalue weighted by Gasteiger charge is -2.23. The molecule has 39 heavy (non-hydrogen) atoms. The first-order valence-corrected chi connectivity index (χ1v) is 12.8. The Hall–Kier alpha value is -3.99. The second kappa shape index (κ2) is 10.3. The van der Waals surface area contributed by atoms with Gasteiger partial charge in [-0.05, 0) is 77.3 Å². The number of aromatic nitrogens is 1. The van der Waals surface area contributed by atoms with E-state index in [-0.39, 0.29) is 29.7 Å². The van der Waals surface area contributed by atoms with Gasteiger partial charge in [-0.1, -0.05) is 18.1 Å². The number of benzene rings is 1. The number of carbonyl (C=O) groups excluding carboxylic acids is 1. The Morgan fingerprint density at radius 2 is 1.97 bits per heavy atom. The summed E-state index contributed by atoms with van der Waals surface area (Å²) in [5, 5.41) is 3.70. The Labute approximate surface area is 226 Å². The van der Waals surface area contributed by atoms with E-state index in [1.807, 2.05) is 19.9 Å². The van der Waals surface area contributed by atoms with E-state index in [4.69, 9.17) is 15.6 Å². The lowest BCUT2D eigenvalue weighted by atomic mass is 9.92. The number of esters is 1. The first kappa shape index (κ1) is 28.0. The van der Waals surface area contributed by atoms with E-state index < -0.39 is 30.0 Å². The van der Waals surface area contributed by atoms with E-state index in [9.17, 15) is 18.4 Å². The van der Waals surface area contributed by atoms with Crippen molar-refractivity contribution in [1.82, 2.24) is 4.98 Å². The van der Waals surface area contributed by atoms with Crippen molar-refractivity contribution in [1.29, 1.82) is 0 Å². The van der Waals surface area contributed by atoms with E-state index in [1.54, 1.807) is 45.9 Å². The molecule has 0 radical (unpaired) electrons. The number of anilines is 1. The van der Waals surface area contributed by atoms with Crippen molar-refractivity contribution in [2.45, 2.75) is 78.4 Å². The molecular formula is C31H32F2N2O4. The van der Waals surface area contributed by atoms with Crippen LogP contribution in [0.4, 0.5) is 14.5 Å².